The maximum atomic E-state index is 13.3. The standard InChI is InChI=1S/C22H26N2O6S/c1-28-19-13-16(14-20(29-2)21(19)30-3)22(25)24-11-8-15-12-17(6-7-18(15)24)31(26,27)23-9-4-5-10-23/h6-7,12-14H,4-5,8-11H2,1-3H3. The molecule has 1 amide bonds. The summed E-state index contributed by atoms with van der Waals surface area (Å²) >= 11 is 0. The molecule has 0 saturated carbocycles. The van der Waals surface area contributed by atoms with E-state index in [-0.39, 0.29) is 10.8 Å². The zero-order valence-electron chi connectivity index (χ0n) is 17.9. The lowest BCUT2D eigenvalue weighted by Gasteiger charge is -2.20. The van der Waals surface area contributed by atoms with Crippen LogP contribution in [0.3, 0.4) is 0 Å². The molecule has 0 unspecified atom stereocenters. The molecule has 2 aromatic carbocycles. The number of carbonyl (C=O) groups is 1. The summed E-state index contributed by atoms with van der Waals surface area (Å²) in [5, 5.41) is 0. The number of anilines is 1. The van der Waals surface area contributed by atoms with Gasteiger partial charge in [0, 0.05) is 30.9 Å². The van der Waals surface area contributed by atoms with Crippen LogP contribution >= 0.6 is 0 Å². The SMILES string of the molecule is COc1cc(C(=O)N2CCc3cc(S(=O)(=O)N4CCCC4)ccc32)cc(OC)c1OC. The number of carbonyl (C=O) groups excluding carboxylic acids is 1. The molecule has 8 nitrogen and oxygen atoms in total. The lowest BCUT2D eigenvalue weighted by atomic mass is 10.1. The summed E-state index contributed by atoms with van der Waals surface area (Å²) in [5.74, 6) is 1.00. The van der Waals surface area contributed by atoms with Crippen molar-refractivity contribution in [3.05, 3.63) is 41.5 Å². The van der Waals surface area contributed by atoms with Crippen molar-refractivity contribution in [1.29, 1.82) is 0 Å². The summed E-state index contributed by atoms with van der Waals surface area (Å²) in [4.78, 5) is 15.2. The molecule has 2 aliphatic heterocycles. The van der Waals surface area contributed by atoms with Gasteiger partial charge in [-0.2, -0.15) is 4.31 Å². The van der Waals surface area contributed by atoms with E-state index in [2.05, 4.69) is 0 Å². The number of rotatable bonds is 6. The fourth-order valence-electron chi connectivity index (χ4n) is 4.19. The number of hydrogen-bond acceptors (Lipinski definition) is 6. The van der Waals surface area contributed by atoms with Gasteiger partial charge in [-0.3, -0.25) is 4.79 Å². The Balaban J connectivity index is 1.65. The van der Waals surface area contributed by atoms with Gasteiger partial charge in [0.2, 0.25) is 15.8 Å². The van der Waals surface area contributed by atoms with Crippen molar-refractivity contribution in [2.24, 2.45) is 0 Å². The van der Waals surface area contributed by atoms with E-state index < -0.39 is 10.0 Å². The van der Waals surface area contributed by atoms with E-state index >= 15 is 0 Å². The number of amides is 1. The fraction of sp³-hybridized carbons (Fsp3) is 0.409. The molecule has 0 spiro atoms. The molecule has 0 aromatic heterocycles. The van der Waals surface area contributed by atoms with Crippen LogP contribution < -0.4 is 19.1 Å². The molecular weight excluding hydrogens is 420 g/mol. The summed E-state index contributed by atoms with van der Waals surface area (Å²) in [6.07, 6.45) is 2.37. The number of hydrogen-bond donors (Lipinski definition) is 0. The van der Waals surface area contributed by atoms with Crippen molar-refractivity contribution in [1.82, 2.24) is 4.31 Å². The zero-order valence-corrected chi connectivity index (χ0v) is 18.7. The van der Waals surface area contributed by atoms with Crippen molar-refractivity contribution >= 4 is 21.6 Å². The Hall–Kier alpha value is -2.78. The van der Waals surface area contributed by atoms with Gasteiger partial charge in [-0.15, -0.1) is 0 Å². The molecule has 4 rings (SSSR count). The van der Waals surface area contributed by atoms with Crippen molar-refractivity contribution < 1.29 is 27.4 Å². The van der Waals surface area contributed by atoms with E-state index in [4.69, 9.17) is 14.2 Å². The molecule has 2 aliphatic rings. The van der Waals surface area contributed by atoms with Crippen LogP contribution in [0.4, 0.5) is 5.69 Å². The normalized spacial score (nSPS) is 16.3. The molecule has 2 heterocycles. The van der Waals surface area contributed by atoms with E-state index in [1.807, 2.05) is 0 Å². The van der Waals surface area contributed by atoms with Gasteiger partial charge in [-0.1, -0.05) is 0 Å². The molecule has 0 aliphatic carbocycles. The lowest BCUT2D eigenvalue weighted by molar-refractivity contribution is 0.0988. The summed E-state index contributed by atoms with van der Waals surface area (Å²) < 4.78 is 43.3. The van der Waals surface area contributed by atoms with Gasteiger partial charge in [-0.05, 0) is 55.2 Å². The van der Waals surface area contributed by atoms with Gasteiger partial charge < -0.3 is 19.1 Å². The smallest absolute Gasteiger partial charge is 0.258 e. The third-order valence-corrected chi connectivity index (χ3v) is 7.70. The summed E-state index contributed by atoms with van der Waals surface area (Å²) in [5.41, 5.74) is 1.97. The summed E-state index contributed by atoms with van der Waals surface area (Å²) in [6, 6.07) is 8.25. The third kappa shape index (κ3) is 3.72. The maximum absolute atomic E-state index is 13.3. The minimum absolute atomic E-state index is 0.215. The van der Waals surface area contributed by atoms with Crippen molar-refractivity contribution in [3.8, 4) is 17.2 Å². The van der Waals surface area contributed by atoms with Gasteiger partial charge in [0.15, 0.2) is 11.5 Å². The molecule has 0 bridgehead atoms. The first-order valence-corrected chi connectivity index (χ1v) is 11.6. The highest BCUT2D eigenvalue weighted by Crippen LogP contribution is 2.39. The third-order valence-electron chi connectivity index (χ3n) is 5.81. The Labute approximate surface area is 182 Å². The Morgan fingerprint density at radius 3 is 2.13 bits per heavy atom. The largest absolute Gasteiger partial charge is 0.493 e. The molecule has 0 radical (unpaired) electrons. The molecule has 9 heteroatoms. The Bertz CT molecular complexity index is 1080. The van der Waals surface area contributed by atoms with Crippen LogP contribution in [0.1, 0.15) is 28.8 Å². The van der Waals surface area contributed by atoms with Crippen LogP contribution in [0.25, 0.3) is 0 Å². The molecule has 1 saturated heterocycles. The van der Waals surface area contributed by atoms with Gasteiger partial charge in [-0.25, -0.2) is 8.42 Å². The van der Waals surface area contributed by atoms with Gasteiger partial charge >= 0.3 is 0 Å². The van der Waals surface area contributed by atoms with Gasteiger partial charge in [0.05, 0.1) is 26.2 Å². The monoisotopic (exact) mass is 446 g/mol. The number of fused-ring (bicyclic) bond motifs is 1. The van der Waals surface area contributed by atoms with Crippen LogP contribution in [0, 0.1) is 0 Å². The first-order valence-electron chi connectivity index (χ1n) is 10.2. The molecule has 1 fully saturated rings. The molecule has 0 atom stereocenters. The average Bonchev–Trinajstić information content (AvgIpc) is 3.47. The van der Waals surface area contributed by atoms with E-state index in [1.165, 1.54) is 25.6 Å². The van der Waals surface area contributed by atoms with Crippen LogP contribution in [0.2, 0.25) is 0 Å². The van der Waals surface area contributed by atoms with Crippen LogP contribution in [0.15, 0.2) is 35.2 Å². The van der Waals surface area contributed by atoms with Crippen LogP contribution in [-0.4, -0.2) is 59.6 Å². The summed E-state index contributed by atoms with van der Waals surface area (Å²) in [6.45, 7) is 1.59. The van der Waals surface area contributed by atoms with Crippen molar-refractivity contribution in [3.63, 3.8) is 0 Å². The number of benzene rings is 2. The second kappa shape index (κ2) is 8.39. The highest BCUT2D eigenvalue weighted by Gasteiger charge is 2.31. The molecule has 166 valence electrons. The molecule has 2 aromatic rings. The predicted molar refractivity (Wildman–Crippen MR) is 116 cm³/mol. The van der Waals surface area contributed by atoms with Gasteiger partial charge in [0.1, 0.15) is 0 Å². The maximum Gasteiger partial charge on any atom is 0.258 e. The van der Waals surface area contributed by atoms with E-state index in [0.29, 0.717) is 48.9 Å². The number of methoxy groups -OCH3 is 3. The molecule has 31 heavy (non-hydrogen) atoms. The number of nitrogens with zero attached hydrogens (tertiary/aromatic N) is 2. The number of sulfonamides is 1. The Kier molecular flexibility index (Phi) is 5.81. The first-order chi connectivity index (χ1) is 14.9. The highest BCUT2D eigenvalue weighted by atomic mass is 32.2. The Morgan fingerprint density at radius 2 is 1.55 bits per heavy atom. The minimum atomic E-state index is -3.49. The zero-order chi connectivity index (χ0) is 22.2. The van der Waals surface area contributed by atoms with Crippen molar-refractivity contribution in [2.45, 2.75) is 24.2 Å². The minimum Gasteiger partial charge on any atom is -0.493 e. The van der Waals surface area contributed by atoms with Crippen LogP contribution in [-0.2, 0) is 16.4 Å². The predicted octanol–water partition coefficient (Wildman–Crippen LogP) is 2.70. The first kappa shape index (κ1) is 21.5. The number of ether oxygens (including phenoxy) is 3. The lowest BCUT2D eigenvalue weighted by Crippen LogP contribution is -2.29. The Morgan fingerprint density at radius 1 is 0.903 bits per heavy atom. The van der Waals surface area contributed by atoms with Gasteiger partial charge in [0.25, 0.3) is 5.91 Å². The van der Waals surface area contributed by atoms with Crippen LogP contribution in [0.5, 0.6) is 17.2 Å². The average molecular weight is 447 g/mol. The van der Waals surface area contributed by atoms with E-state index in [0.717, 1.165) is 24.1 Å². The fourth-order valence-corrected chi connectivity index (χ4v) is 5.76. The van der Waals surface area contributed by atoms with Crippen molar-refractivity contribution in [2.75, 3.05) is 45.9 Å². The molecular formula is C22H26N2O6S. The quantitative estimate of drug-likeness (QED) is 0.678. The second-order valence-corrected chi connectivity index (χ2v) is 9.46. The van der Waals surface area contributed by atoms with E-state index in [9.17, 15) is 13.2 Å². The van der Waals surface area contributed by atoms with E-state index in [1.54, 1.807) is 35.2 Å². The highest BCUT2D eigenvalue weighted by molar-refractivity contribution is 7.89. The molecule has 0 N–H and O–H groups in total. The second-order valence-electron chi connectivity index (χ2n) is 7.52. The topological polar surface area (TPSA) is 85.4 Å². The summed E-state index contributed by atoms with van der Waals surface area (Å²) in [7, 11) is 1.01.